The minimum atomic E-state index is -1.03. The highest BCUT2D eigenvalue weighted by atomic mass is 16.5. The average Bonchev–Trinajstić information content (AvgIpc) is 2.38. The Hall–Kier alpha value is -2.28. The summed E-state index contributed by atoms with van der Waals surface area (Å²) in [6.07, 6.45) is 0. The molecule has 0 fully saturated rings. The van der Waals surface area contributed by atoms with E-state index in [0.717, 1.165) is 5.69 Å². The number of anilines is 2. The smallest absolute Gasteiger partial charge is 0.329 e. The lowest BCUT2D eigenvalue weighted by atomic mass is 10.2. The quantitative estimate of drug-likeness (QED) is 0.648. The van der Waals surface area contributed by atoms with Gasteiger partial charge in [-0.3, -0.25) is 0 Å². The maximum absolute atomic E-state index is 11.6. The van der Waals surface area contributed by atoms with E-state index in [1.54, 1.807) is 6.07 Å². The Bertz CT molecular complexity index is 463. The van der Waals surface area contributed by atoms with Gasteiger partial charge in [-0.25, -0.2) is 9.59 Å². The third kappa shape index (κ3) is 6.05. The number of carbonyl (C=O) groups excluding carboxylic acids is 1. The topological polar surface area (TPSA) is 90.9 Å². The van der Waals surface area contributed by atoms with Crippen LogP contribution in [0.2, 0.25) is 0 Å². The van der Waals surface area contributed by atoms with Gasteiger partial charge in [0.1, 0.15) is 6.61 Å². The first-order chi connectivity index (χ1) is 9.49. The molecule has 0 atom stereocenters. The third-order valence-electron chi connectivity index (χ3n) is 2.38. The van der Waals surface area contributed by atoms with Gasteiger partial charge in [0, 0.05) is 32.0 Å². The minimum absolute atomic E-state index is 0.150. The lowest BCUT2D eigenvalue weighted by Crippen LogP contribution is -2.32. The van der Waals surface area contributed by atoms with Crippen molar-refractivity contribution < 1.29 is 19.4 Å². The van der Waals surface area contributed by atoms with Crippen molar-refractivity contribution in [3.63, 3.8) is 0 Å². The van der Waals surface area contributed by atoms with Crippen LogP contribution in [0.5, 0.6) is 0 Å². The van der Waals surface area contributed by atoms with Crippen LogP contribution >= 0.6 is 0 Å². The molecule has 7 nitrogen and oxygen atoms in total. The Kier molecular flexibility index (Phi) is 6.31. The molecule has 0 spiro atoms. The van der Waals surface area contributed by atoms with Gasteiger partial charge in [0.25, 0.3) is 0 Å². The van der Waals surface area contributed by atoms with Crippen LogP contribution in [0.25, 0.3) is 0 Å². The standard InChI is InChI=1S/C13H19N3O4/c1-16(2)11-5-3-4-10(8-11)15-13(19)14-6-7-20-9-12(17)18/h3-5,8H,6-7,9H2,1-2H3,(H,17,18)(H2,14,15,19). The number of hydrogen-bond acceptors (Lipinski definition) is 4. The molecular weight excluding hydrogens is 262 g/mol. The molecule has 1 rings (SSSR count). The maximum atomic E-state index is 11.6. The number of aliphatic carboxylic acids is 1. The van der Waals surface area contributed by atoms with Crippen molar-refractivity contribution in [2.45, 2.75) is 0 Å². The van der Waals surface area contributed by atoms with E-state index in [9.17, 15) is 9.59 Å². The van der Waals surface area contributed by atoms with E-state index in [1.165, 1.54) is 0 Å². The summed E-state index contributed by atoms with van der Waals surface area (Å²) in [7, 11) is 3.83. The Morgan fingerprint density at radius 1 is 1.35 bits per heavy atom. The molecule has 20 heavy (non-hydrogen) atoms. The molecular formula is C13H19N3O4. The Morgan fingerprint density at radius 2 is 2.10 bits per heavy atom. The normalized spacial score (nSPS) is 9.90. The van der Waals surface area contributed by atoms with E-state index in [2.05, 4.69) is 10.6 Å². The van der Waals surface area contributed by atoms with Crippen LogP contribution in [-0.2, 0) is 9.53 Å². The van der Waals surface area contributed by atoms with Crippen LogP contribution in [0.3, 0.4) is 0 Å². The summed E-state index contributed by atoms with van der Waals surface area (Å²) in [5, 5.41) is 13.6. The van der Waals surface area contributed by atoms with Gasteiger partial charge >= 0.3 is 12.0 Å². The van der Waals surface area contributed by atoms with E-state index in [-0.39, 0.29) is 25.8 Å². The number of amides is 2. The largest absolute Gasteiger partial charge is 0.480 e. The van der Waals surface area contributed by atoms with E-state index >= 15 is 0 Å². The summed E-state index contributed by atoms with van der Waals surface area (Å²) < 4.78 is 4.80. The highest BCUT2D eigenvalue weighted by molar-refractivity contribution is 5.89. The van der Waals surface area contributed by atoms with Crippen molar-refractivity contribution in [1.82, 2.24) is 5.32 Å². The number of rotatable bonds is 7. The van der Waals surface area contributed by atoms with Crippen molar-refractivity contribution >= 4 is 23.4 Å². The fraction of sp³-hybridized carbons (Fsp3) is 0.385. The average molecular weight is 281 g/mol. The monoisotopic (exact) mass is 281 g/mol. The first-order valence-corrected chi connectivity index (χ1v) is 6.11. The van der Waals surface area contributed by atoms with Gasteiger partial charge in [-0.15, -0.1) is 0 Å². The Morgan fingerprint density at radius 3 is 2.75 bits per heavy atom. The second-order valence-corrected chi connectivity index (χ2v) is 4.27. The fourth-order valence-corrected chi connectivity index (χ4v) is 1.43. The summed E-state index contributed by atoms with van der Waals surface area (Å²) >= 11 is 0. The number of carboxylic acids is 1. The zero-order chi connectivity index (χ0) is 15.0. The van der Waals surface area contributed by atoms with E-state index in [4.69, 9.17) is 9.84 Å². The number of urea groups is 1. The number of nitrogens with one attached hydrogen (secondary N) is 2. The number of ether oxygens (including phenoxy) is 1. The zero-order valence-corrected chi connectivity index (χ0v) is 11.5. The molecule has 0 aromatic heterocycles. The summed E-state index contributed by atoms with van der Waals surface area (Å²) in [4.78, 5) is 23.7. The number of hydrogen-bond donors (Lipinski definition) is 3. The molecule has 0 saturated heterocycles. The number of carbonyl (C=O) groups is 2. The minimum Gasteiger partial charge on any atom is -0.480 e. The predicted molar refractivity (Wildman–Crippen MR) is 76.2 cm³/mol. The first-order valence-electron chi connectivity index (χ1n) is 6.11. The summed E-state index contributed by atoms with van der Waals surface area (Å²) in [6, 6.07) is 7.05. The molecule has 1 aromatic carbocycles. The lowest BCUT2D eigenvalue weighted by molar-refractivity contribution is -0.142. The molecule has 3 N–H and O–H groups in total. The molecule has 2 amide bonds. The number of carboxylic acid groups (broad SMARTS) is 1. The van der Waals surface area contributed by atoms with Crippen LogP contribution in [0.4, 0.5) is 16.2 Å². The van der Waals surface area contributed by atoms with E-state index in [0.29, 0.717) is 5.69 Å². The SMILES string of the molecule is CN(C)c1cccc(NC(=O)NCCOCC(=O)O)c1. The maximum Gasteiger partial charge on any atom is 0.329 e. The molecule has 0 aliphatic carbocycles. The van der Waals surface area contributed by atoms with Gasteiger partial charge in [0.05, 0.1) is 6.61 Å². The molecule has 110 valence electrons. The summed E-state index contributed by atoms with van der Waals surface area (Å²) in [6.45, 7) is 0.0259. The van der Waals surface area contributed by atoms with Gasteiger partial charge < -0.3 is 25.4 Å². The van der Waals surface area contributed by atoms with Crippen molar-refractivity contribution in [3.8, 4) is 0 Å². The van der Waals surface area contributed by atoms with E-state index < -0.39 is 5.97 Å². The lowest BCUT2D eigenvalue weighted by Gasteiger charge is -2.14. The molecule has 0 aliphatic heterocycles. The molecule has 0 aliphatic rings. The van der Waals surface area contributed by atoms with Crippen LogP contribution < -0.4 is 15.5 Å². The predicted octanol–water partition coefficient (Wildman–Crippen LogP) is 0.975. The zero-order valence-electron chi connectivity index (χ0n) is 11.5. The molecule has 0 saturated carbocycles. The highest BCUT2D eigenvalue weighted by Crippen LogP contribution is 2.16. The van der Waals surface area contributed by atoms with Crippen molar-refractivity contribution in [2.75, 3.05) is 44.1 Å². The van der Waals surface area contributed by atoms with Gasteiger partial charge in [0.15, 0.2) is 0 Å². The molecule has 0 radical (unpaired) electrons. The van der Waals surface area contributed by atoms with Gasteiger partial charge in [-0.2, -0.15) is 0 Å². The van der Waals surface area contributed by atoms with Gasteiger partial charge in [0.2, 0.25) is 0 Å². The van der Waals surface area contributed by atoms with Crippen LogP contribution in [0, 0.1) is 0 Å². The van der Waals surface area contributed by atoms with Crippen molar-refractivity contribution in [3.05, 3.63) is 24.3 Å². The van der Waals surface area contributed by atoms with E-state index in [1.807, 2.05) is 37.2 Å². The molecule has 1 aromatic rings. The number of nitrogens with zero attached hydrogens (tertiary/aromatic N) is 1. The van der Waals surface area contributed by atoms with Crippen LogP contribution in [-0.4, -0.2) is 51.0 Å². The molecule has 0 bridgehead atoms. The van der Waals surface area contributed by atoms with Gasteiger partial charge in [-0.1, -0.05) is 6.07 Å². The second-order valence-electron chi connectivity index (χ2n) is 4.27. The fourth-order valence-electron chi connectivity index (χ4n) is 1.43. The third-order valence-corrected chi connectivity index (χ3v) is 2.38. The highest BCUT2D eigenvalue weighted by Gasteiger charge is 2.03. The van der Waals surface area contributed by atoms with Crippen LogP contribution in [0.1, 0.15) is 0 Å². The van der Waals surface area contributed by atoms with Gasteiger partial charge in [-0.05, 0) is 18.2 Å². The first kappa shape index (κ1) is 15.8. The van der Waals surface area contributed by atoms with Crippen molar-refractivity contribution in [2.24, 2.45) is 0 Å². The Labute approximate surface area is 117 Å². The second kappa shape index (κ2) is 8.00. The summed E-state index contributed by atoms with van der Waals surface area (Å²) in [5.41, 5.74) is 1.66. The Balaban J connectivity index is 2.31. The molecule has 0 heterocycles. The summed E-state index contributed by atoms with van der Waals surface area (Å²) in [5.74, 6) is -1.03. The van der Waals surface area contributed by atoms with Crippen molar-refractivity contribution in [1.29, 1.82) is 0 Å². The number of benzene rings is 1. The molecule has 7 heteroatoms. The molecule has 0 unspecified atom stereocenters. The van der Waals surface area contributed by atoms with Crippen LogP contribution in [0.15, 0.2) is 24.3 Å².